The highest BCUT2D eigenvalue weighted by atomic mass is 79.9. The van der Waals surface area contributed by atoms with Crippen LogP contribution in [-0.4, -0.2) is 45.1 Å². The lowest BCUT2D eigenvalue weighted by Crippen LogP contribution is -2.32. The molecule has 108 valence electrons. The minimum absolute atomic E-state index is 0.348. The van der Waals surface area contributed by atoms with Gasteiger partial charge in [0.05, 0.1) is 18.4 Å². The molecule has 1 atom stereocenters. The summed E-state index contributed by atoms with van der Waals surface area (Å²) in [5.41, 5.74) is 2.30. The van der Waals surface area contributed by atoms with Gasteiger partial charge in [-0.3, -0.25) is 0 Å². The van der Waals surface area contributed by atoms with Crippen LogP contribution in [0.25, 0.3) is 0 Å². The Labute approximate surface area is 123 Å². The summed E-state index contributed by atoms with van der Waals surface area (Å²) >= 11 is 3.59. The number of aliphatic hydroxyl groups is 1. The molecule has 0 amide bonds. The summed E-state index contributed by atoms with van der Waals surface area (Å²) in [4.78, 5) is 2.02. The molecule has 0 radical (unpaired) electrons. The summed E-state index contributed by atoms with van der Waals surface area (Å²) in [5.74, 6) is 0. The fraction of sp³-hybridized carbons (Fsp3) is 0.571. The van der Waals surface area contributed by atoms with Crippen molar-refractivity contribution < 1.29 is 9.84 Å². The largest absolute Gasteiger partial charge is 0.389 e. The van der Waals surface area contributed by atoms with Gasteiger partial charge >= 0.3 is 0 Å². The minimum Gasteiger partial charge on any atom is -0.389 e. The summed E-state index contributed by atoms with van der Waals surface area (Å²) in [6, 6.07) is 6.27. The number of rotatable bonds is 8. The number of halogens is 1. The smallest absolute Gasteiger partial charge is 0.0947 e. The summed E-state index contributed by atoms with van der Waals surface area (Å²) in [5, 5.41) is 13.0. The second-order valence-electron chi connectivity index (χ2n) is 4.56. The number of hydrogen-bond donors (Lipinski definition) is 2. The van der Waals surface area contributed by atoms with Crippen LogP contribution in [0.1, 0.15) is 12.5 Å². The number of hydrogen-bond acceptors (Lipinski definition) is 4. The molecule has 0 aromatic heterocycles. The Morgan fingerprint density at radius 2 is 2.21 bits per heavy atom. The van der Waals surface area contributed by atoms with Crippen LogP contribution in [0, 0.1) is 0 Å². The van der Waals surface area contributed by atoms with Gasteiger partial charge in [-0.05, 0) is 40.2 Å². The molecule has 0 aliphatic carbocycles. The summed E-state index contributed by atoms with van der Waals surface area (Å²) in [7, 11) is 3.55. The molecule has 4 nitrogen and oxygen atoms in total. The maximum absolute atomic E-state index is 9.75. The molecule has 0 aliphatic rings. The zero-order valence-corrected chi connectivity index (χ0v) is 13.4. The van der Waals surface area contributed by atoms with E-state index in [1.807, 2.05) is 11.9 Å². The normalized spacial score (nSPS) is 12.5. The number of anilines is 1. The lowest BCUT2D eigenvalue weighted by atomic mass is 10.2. The fourth-order valence-electron chi connectivity index (χ4n) is 1.90. The molecule has 19 heavy (non-hydrogen) atoms. The molecule has 5 heteroatoms. The molecule has 0 saturated carbocycles. The fourth-order valence-corrected chi connectivity index (χ4v) is 2.63. The molecule has 0 bridgehead atoms. The number of likely N-dealkylation sites (N-methyl/N-ethyl adjacent to an activating group) is 1. The van der Waals surface area contributed by atoms with Gasteiger partial charge in [-0.1, -0.05) is 13.0 Å². The predicted molar refractivity (Wildman–Crippen MR) is 82.7 cm³/mol. The monoisotopic (exact) mass is 330 g/mol. The van der Waals surface area contributed by atoms with Gasteiger partial charge in [-0.2, -0.15) is 0 Å². The summed E-state index contributed by atoms with van der Waals surface area (Å²) in [6.45, 7) is 4.81. The van der Waals surface area contributed by atoms with E-state index in [4.69, 9.17) is 4.74 Å². The van der Waals surface area contributed by atoms with Gasteiger partial charge in [0.1, 0.15) is 0 Å². The summed E-state index contributed by atoms with van der Waals surface area (Å²) < 4.78 is 5.97. The van der Waals surface area contributed by atoms with Crippen molar-refractivity contribution in [2.75, 3.05) is 38.8 Å². The number of methoxy groups -OCH3 is 1. The first-order valence-corrected chi connectivity index (χ1v) is 7.25. The van der Waals surface area contributed by atoms with Crippen molar-refractivity contribution in [3.05, 3.63) is 28.2 Å². The number of nitrogens with one attached hydrogen (secondary N) is 1. The third-order valence-corrected chi connectivity index (χ3v) is 3.48. The molecular weight excluding hydrogens is 308 g/mol. The van der Waals surface area contributed by atoms with E-state index in [-0.39, 0.29) is 0 Å². The Morgan fingerprint density at radius 1 is 1.47 bits per heavy atom. The van der Waals surface area contributed by atoms with Crippen LogP contribution < -0.4 is 10.2 Å². The first-order chi connectivity index (χ1) is 9.08. The Bertz CT molecular complexity index is 388. The number of nitrogens with zero attached hydrogens (tertiary/aromatic N) is 1. The molecule has 0 heterocycles. The van der Waals surface area contributed by atoms with E-state index in [1.54, 1.807) is 7.11 Å². The van der Waals surface area contributed by atoms with Gasteiger partial charge < -0.3 is 20.1 Å². The van der Waals surface area contributed by atoms with E-state index < -0.39 is 6.10 Å². The van der Waals surface area contributed by atoms with E-state index in [2.05, 4.69) is 46.4 Å². The quantitative estimate of drug-likeness (QED) is 0.765. The molecule has 1 rings (SSSR count). The van der Waals surface area contributed by atoms with Gasteiger partial charge in [0.25, 0.3) is 0 Å². The van der Waals surface area contributed by atoms with Crippen LogP contribution >= 0.6 is 15.9 Å². The Kier molecular flexibility index (Phi) is 7.38. The third-order valence-electron chi connectivity index (χ3n) is 2.85. The zero-order chi connectivity index (χ0) is 14.3. The van der Waals surface area contributed by atoms with E-state index in [0.29, 0.717) is 13.2 Å². The Morgan fingerprint density at radius 3 is 2.79 bits per heavy atom. The molecule has 0 spiro atoms. The van der Waals surface area contributed by atoms with Crippen LogP contribution in [0.4, 0.5) is 5.69 Å². The van der Waals surface area contributed by atoms with Gasteiger partial charge in [-0.25, -0.2) is 0 Å². The van der Waals surface area contributed by atoms with Crippen LogP contribution in [0.2, 0.25) is 0 Å². The SMILES string of the molecule is CCNCc1ccc(N(C)CC(O)COC)c(Br)c1. The number of aliphatic hydroxyl groups excluding tert-OH is 1. The minimum atomic E-state index is -0.483. The first kappa shape index (κ1) is 16.4. The first-order valence-electron chi connectivity index (χ1n) is 6.45. The van der Waals surface area contributed by atoms with Crippen LogP contribution in [0.3, 0.4) is 0 Å². The lowest BCUT2D eigenvalue weighted by Gasteiger charge is -2.24. The second kappa shape index (κ2) is 8.53. The number of benzene rings is 1. The molecule has 0 fully saturated rings. The van der Waals surface area contributed by atoms with E-state index in [9.17, 15) is 5.11 Å². The molecule has 2 N–H and O–H groups in total. The van der Waals surface area contributed by atoms with Crippen molar-refractivity contribution in [2.24, 2.45) is 0 Å². The van der Waals surface area contributed by atoms with Crippen molar-refractivity contribution in [3.63, 3.8) is 0 Å². The Hall–Kier alpha value is -0.620. The van der Waals surface area contributed by atoms with Gasteiger partial charge in [0.2, 0.25) is 0 Å². The van der Waals surface area contributed by atoms with Crippen LogP contribution in [0.15, 0.2) is 22.7 Å². The highest BCUT2D eigenvalue weighted by Gasteiger charge is 2.11. The topological polar surface area (TPSA) is 44.7 Å². The van der Waals surface area contributed by atoms with Gasteiger partial charge in [0.15, 0.2) is 0 Å². The highest BCUT2D eigenvalue weighted by Crippen LogP contribution is 2.26. The van der Waals surface area contributed by atoms with Gasteiger partial charge in [-0.15, -0.1) is 0 Å². The van der Waals surface area contributed by atoms with E-state index in [1.165, 1.54) is 5.56 Å². The number of ether oxygens (including phenoxy) is 1. The van der Waals surface area contributed by atoms with Crippen molar-refractivity contribution >= 4 is 21.6 Å². The van der Waals surface area contributed by atoms with E-state index >= 15 is 0 Å². The maximum atomic E-state index is 9.75. The van der Waals surface area contributed by atoms with Gasteiger partial charge in [0, 0.05) is 31.7 Å². The molecule has 0 saturated heterocycles. The van der Waals surface area contributed by atoms with Crippen molar-refractivity contribution in [2.45, 2.75) is 19.6 Å². The Balaban J connectivity index is 2.67. The lowest BCUT2D eigenvalue weighted by molar-refractivity contribution is 0.0695. The molecular formula is C14H23BrN2O2. The molecule has 1 aromatic carbocycles. The third kappa shape index (κ3) is 5.48. The molecule has 0 aliphatic heterocycles. The maximum Gasteiger partial charge on any atom is 0.0947 e. The predicted octanol–water partition coefficient (Wildman–Crippen LogP) is 2.00. The highest BCUT2D eigenvalue weighted by molar-refractivity contribution is 9.10. The van der Waals surface area contributed by atoms with Crippen LogP contribution in [0.5, 0.6) is 0 Å². The zero-order valence-electron chi connectivity index (χ0n) is 11.8. The molecule has 1 unspecified atom stereocenters. The summed E-state index contributed by atoms with van der Waals surface area (Å²) in [6.07, 6.45) is -0.483. The standard InChI is InChI=1S/C14H23BrN2O2/c1-4-16-8-11-5-6-14(13(15)7-11)17(2)9-12(18)10-19-3/h5-7,12,16,18H,4,8-10H2,1-3H3. The van der Waals surface area contributed by atoms with E-state index in [0.717, 1.165) is 23.2 Å². The second-order valence-corrected chi connectivity index (χ2v) is 5.41. The van der Waals surface area contributed by atoms with Crippen molar-refractivity contribution in [1.29, 1.82) is 0 Å². The van der Waals surface area contributed by atoms with Crippen LogP contribution in [-0.2, 0) is 11.3 Å². The average molecular weight is 331 g/mol. The molecule has 1 aromatic rings. The van der Waals surface area contributed by atoms with Crippen molar-refractivity contribution in [3.8, 4) is 0 Å². The average Bonchev–Trinajstić information content (AvgIpc) is 2.36. The van der Waals surface area contributed by atoms with Crippen molar-refractivity contribution in [1.82, 2.24) is 5.32 Å².